The number of piperidine rings is 1. The Hall–Kier alpha value is -2.04. The third kappa shape index (κ3) is 5.92. The molecule has 1 aliphatic rings. The van der Waals surface area contributed by atoms with Gasteiger partial charge < -0.3 is 4.90 Å². The number of hydrogen-bond donors (Lipinski definition) is 0. The van der Waals surface area contributed by atoms with Crippen LogP contribution in [0, 0.1) is 13.8 Å². The molecule has 0 radical (unpaired) electrons. The number of likely N-dealkylation sites (N-methyl/N-ethyl adjacent to an activating group) is 1. The molecule has 1 aliphatic heterocycles. The predicted octanol–water partition coefficient (Wildman–Crippen LogP) is 5.11. The molecule has 2 heterocycles. The molecule has 2 aromatic carbocycles. The molecule has 0 aliphatic carbocycles. The van der Waals surface area contributed by atoms with Gasteiger partial charge in [-0.15, -0.1) is 12.4 Å². The third-order valence-corrected chi connectivity index (χ3v) is 9.57. The van der Waals surface area contributed by atoms with E-state index in [9.17, 15) is 13.2 Å². The molecule has 0 N–H and O–H groups in total. The Kier molecular flexibility index (Phi) is 9.16. The van der Waals surface area contributed by atoms with Crippen molar-refractivity contribution in [3.05, 3.63) is 53.1 Å². The zero-order valence-electron chi connectivity index (χ0n) is 21.5. The Labute approximate surface area is 224 Å². The number of amides is 1. The van der Waals surface area contributed by atoms with Crippen LogP contribution in [0.3, 0.4) is 0 Å². The average molecular weight is 551 g/mol. The maximum absolute atomic E-state index is 13.6. The highest BCUT2D eigenvalue weighted by Crippen LogP contribution is 2.33. The van der Waals surface area contributed by atoms with Gasteiger partial charge in [-0.2, -0.15) is 4.31 Å². The summed E-state index contributed by atoms with van der Waals surface area (Å²) in [5.41, 5.74) is 3.61. The van der Waals surface area contributed by atoms with Crippen LogP contribution in [0.25, 0.3) is 10.2 Å². The molecule has 4 rings (SSSR count). The topological polar surface area (TPSA) is 73.8 Å². The number of aromatic nitrogens is 1. The molecule has 36 heavy (non-hydrogen) atoms. The first-order chi connectivity index (χ1) is 16.6. The Morgan fingerprint density at radius 3 is 2.44 bits per heavy atom. The molecule has 0 bridgehead atoms. The van der Waals surface area contributed by atoms with E-state index in [4.69, 9.17) is 4.98 Å². The number of nitrogens with zero attached hydrogens (tertiary/aromatic N) is 4. The molecular formula is C26H35ClN4O3S2. The van der Waals surface area contributed by atoms with Gasteiger partial charge in [-0.3, -0.25) is 9.69 Å². The van der Waals surface area contributed by atoms with Gasteiger partial charge in [-0.25, -0.2) is 13.4 Å². The van der Waals surface area contributed by atoms with Crippen molar-refractivity contribution in [2.45, 2.75) is 51.0 Å². The number of carbonyl (C=O) groups excluding carboxylic acids is 1. The van der Waals surface area contributed by atoms with Gasteiger partial charge in [0.2, 0.25) is 10.0 Å². The lowest BCUT2D eigenvalue weighted by molar-refractivity contribution is 0.0985. The molecule has 0 spiro atoms. The Balaban J connectivity index is 0.00000361. The summed E-state index contributed by atoms with van der Waals surface area (Å²) < 4.78 is 29.0. The fourth-order valence-electron chi connectivity index (χ4n) is 4.55. The summed E-state index contributed by atoms with van der Waals surface area (Å²) in [7, 11) is 0.354. The molecular weight excluding hydrogens is 516 g/mol. The lowest BCUT2D eigenvalue weighted by Crippen LogP contribution is -2.41. The lowest BCUT2D eigenvalue weighted by atomic mass is 10.1. The van der Waals surface area contributed by atoms with Crippen molar-refractivity contribution in [2.75, 3.05) is 38.6 Å². The fraction of sp³-hybridized carbons (Fsp3) is 0.462. The quantitative estimate of drug-likeness (QED) is 0.409. The maximum atomic E-state index is 13.6. The van der Waals surface area contributed by atoms with E-state index in [1.54, 1.807) is 33.5 Å². The minimum Gasteiger partial charge on any atom is -0.308 e. The van der Waals surface area contributed by atoms with Crippen LogP contribution < -0.4 is 4.90 Å². The Bertz CT molecular complexity index is 1320. The van der Waals surface area contributed by atoms with Crippen molar-refractivity contribution in [1.29, 1.82) is 0 Å². The van der Waals surface area contributed by atoms with E-state index >= 15 is 0 Å². The van der Waals surface area contributed by atoms with Crippen LogP contribution in [0.15, 0.2) is 41.3 Å². The van der Waals surface area contributed by atoms with Gasteiger partial charge in [-0.05, 0) is 89.2 Å². The van der Waals surface area contributed by atoms with Gasteiger partial charge in [0.05, 0.1) is 15.1 Å². The molecule has 10 heteroatoms. The highest BCUT2D eigenvalue weighted by atomic mass is 35.5. The van der Waals surface area contributed by atoms with Crippen molar-refractivity contribution in [3.63, 3.8) is 0 Å². The van der Waals surface area contributed by atoms with Gasteiger partial charge in [0.15, 0.2) is 5.13 Å². The SMILES string of the molecule is Cc1cc(C)c2nc(N(CCN(C)C)C(=O)c3ccc(S(=O)(=O)N4CCCCC4C)cc3)sc2c1.Cl. The zero-order chi connectivity index (χ0) is 25.3. The Morgan fingerprint density at radius 1 is 1.11 bits per heavy atom. The lowest BCUT2D eigenvalue weighted by Gasteiger charge is -2.32. The smallest absolute Gasteiger partial charge is 0.260 e. The summed E-state index contributed by atoms with van der Waals surface area (Å²) >= 11 is 1.51. The van der Waals surface area contributed by atoms with Crippen LogP contribution in [0.2, 0.25) is 0 Å². The summed E-state index contributed by atoms with van der Waals surface area (Å²) in [6.45, 7) is 7.75. The molecule has 7 nitrogen and oxygen atoms in total. The van der Waals surface area contributed by atoms with Crippen LogP contribution in [-0.2, 0) is 10.0 Å². The number of aryl methyl sites for hydroxylation is 2. The molecule has 1 unspecified atom stereocenters. The highest BCUT2D eigenvalue weighted by molar-refractivity contribution is 7.89. The summed E-state index contributed by atoms with van der Waals surface area (Å²) in [6.07, 6.45) is 2.80. The van der Waals surface area contributed by atoms with E-state index < -0.39 is 10.0 Å². The Morgan fingerprint density at radius 2 is 1.81 bits per heavy atom. The van der Waals surface area contributed by atoms with Crippen LogP contribution in [0.1, 0.15) is 47.7 Å². The zero-order valence-corrected chi connectivity index (χ0v) is 24.0. The van der Waals surface area contributed by atoms with E-state index in [1.807, 2.05) is 32.8 Å². The number of fused-ring (bicyclic) bond motifs is 1. The minimum absolute atomic E-state index is 0. The number of hydrogen-bond acceptors (Lipinski definition) is 6. The molecule has 3 aromatic rings. The number of halogens is 1. The van der Waals surface area contributed by atoms with Crippen LogP contribution >= 0.6 is 23.7 Å². The van der Waals surface area contributed by atoms with Crippen molar-refractivity contribution in [2.24, 2.45) is 0 Å². The van der Waals surface area contributed by atoms with Crippen LogP contribution in [0.4, 0.5) is 5.13 Å². The van der Waals surface area contributed by atoms with E-state index in [-0.39, 0.29) is 29.3 Å². The molecule has 1 amide bonds. The summed E-state index contributed by atoms with van der Waals surface area (Å²) in [6, 6.07) is 10.5. The number of benzene rings is 2. The van der Waals surface area contributed by atoms with Gasteiger partial charge in [-0.1, -0.05) is 23.8 Å². The van der Waals surface area contributed by atoms with E-state index in [2.05, 4.69) is 19.1 Å². The maximum Gasteiger partial charge on any atom is 0.260 e. The van der Waals surface area contributed by atoms with Gasteiger partial charge in [0, 0.05) is 31.2 Å². The van der Waals surface area contributed by atoms with Crippen molar-refractivity contribution < 1.29 is 13.2 Å². The molecule has 1 saturated heterocycles. The van der Waals surface area contributed by atoms with Crippen molar-refractivity contribution in [3.8, 4) is 0 Å². The summed E-state index contributed by atoms with van der Waals surface area (Å²) in [5.74, 6) is -0.185. The third-order valence-electron chi connectivity index (χ3n) is 6.52. The second-order valence-corrected chi connectivity index (χ2v) is 12.6. The van der Waals surface area contributed by atoms with Crippen LogP contribution in [0.5, 0.6) is 0 Å². The summed E-state index contributed by atoms with van der Waals surface area (Å²) in [4.78, 5) is 22.4. The van der Waals surface area contributed by atoms with Crippen molar-refractivity contribution in [1.82, 2.24) is 14.2 Å². The second kappa shape index (κ2) is 11.6. The molecule has 1 atom stereocenters. The number of thiazole rings is 1. The van der Waals surface area contributed by atoms with E-state index in [0.29, 0.717) is 30.3 Å². The first-order valence-corrected chi connectivity index (χ1v) is 14.3. The standard InChI is InChI=1S/C26H34N4O3S2.ClH/c1-18-16-19(2)24-23(17-18)34-26(27-24)29(15-14-28(4)5)25(31)21-9-11-22(12-10-21)35(32,33)30-13-7-6-8-20(30)3;/h9-12,16-17,20H,6-8,13-15H2,1-5H3;1H. The first kappa shape index (κ1) is 28.5. The summed E-state index contributed by atoms with van der Waals surface area (Å²) in [5, 5.41) is 0.652. The first-order valence-electron chi connectivity index (χ1n) is 12.0. The fourth-order valence-corrected chi connectivity index (χ4v) is 7.41. The van der Waals surface area contributed by atoms with E-state index in [0.717, 1.165) is 40.6 Å². The number of anilines is 1. The predicted molar refractivity (Wildman–Crippen MR) is 150 cm³/mol. The monoisotopic (exact) mass is 550 g/mol. The van der Waals surface area contributed by atoms with Gasteiger partial charge in [0.25, 0.3) is 5.91 Å². The average Bonchev–Trinajstić information content (AvgIpc) is 3.23. The molecule has 1 fully saturated rings. The molecule has 0 saturated carbocycles. The second-order valence-electron chi connectivity index (χ2n) is 9.67. The van der Waals surface area contributed by atoms with Gasteiger partial charge in [0.1, 0.15) is 0 Å². The van der Waals surface area contributed by atoms with Crippen molar-refractivity contribution >= 4 is 55.0 Å². The number of rotatable bonds is 7. The van der Waals surface area contributed by atoms with E-state index in [1.165, 1.54) is 11.3 Å². The van der Waals surface area contributed by atoms with Gasteiger partial charge >= 0.3 is 0 Å². The molecule has 1 aromatic heterocycles. The highest BCUT2D eigenvalue weighted by Gasteiger charge is 2.31. The van der Waals surface area contributed by atoms with Crippen LogP contribution in [-0.4, -0.2) is 68.3 Å². The number of carbonyl (C=O) groups is 1. The molecule has 196 valence electrons. The normalized spacial score (nSPS) is 16.8. The minimum atomic E-state index is -3.58. The number of sulfonamides is 1. The largest absolute Gasteiger partial charge is 0.308 e.